The Hall–Kier alpha value is -2.09. The van der Waals surface area contributed by atoms with Crippen molar-refractivity contribution in [1.29, 1.82) is 0 Å². The molecule has 8 heteroatoms. The molecule has 2 saturated heterocycles. The quantitative estimate of drug-likeness (QED) is 0.676. The number of halogens is 1. The minimum absolute atomic E-state index is 0.108. The third-order valence-corrected chi connectivity index (χ3v) is 8.85. The SMILES string of the molecule is Cc1ccc(S(=O)(=O)N2CCC(C(=O)N3CCN(c4ccc(Cl)cc4)CC3)CC2)cc1C. The maximum Gasteiger partial charge on any atom is 0.243 e. The number of benzene rings is 2. The van der Waals surface area contributed by atoms with E-state index in [-0.39, 0.29) is 11.8 Å². The number of aryl methyl sites for hydroxylation is 2. The van der Waals surface area contributed by atoms with Gasteiger partial charge in [0.25, 0.3) is 0 Å². The number of hydrogen-bond acceptors (Lipinski definition) is 4. The number of carbonyl (C=O) groups excluding carboxylic acids is 1. The highest BCUT2D eigenvalue weighted by Gasteiger charge is 2.34. The van der Waals surface area contributed by atoms with Crippen molar-refractivity contribution in [1.82, 2.24) is 9.21 Å². The second-order valence-corrected chi connectivity index (χ2v) is 11.1. The Morgan fingerprint density at radius 3 is 2.09 bits per heavy atom. The lowest BCUT2D eigenvalue weighted by atomic mass is 9.96. The number of anilines is 1. The molecule has 0 radical (unpaired) electrons. The lowest BCUT2D eigenvalue weighted by Gasteiger charge is -2.39. The van der Waals surface area contributed by atoms with Crippen LogP contribution in [0.3, 0.4) is 0 Å². The second-order valence-electron chi connectivity index (χ2n) is 8.71. The molecule has 2 aromatic carbocycles. The van der Waals surface area contributed by atoms with Gasteiger partial charge >= 0.3 is 0 Å². The number of piperidine rings is 1. The number of rotatable bonds is 4. The monoisotopic (exact) mass is 475 g/mol. The zero-order valence-corrected chi connectivity index (χ0v) is 20.2. The molecule has 2 heterocycles. The molecule has 2 aliphatic rings. The van der Waals surface area contributed by atoms with Crippen LogP contribution in [-0.4, -0.2) is 62.8 Å². The summed E-state index contributed by atoms with van der Waals surface area (Å²) in [5.41, 5.74) is 3.16. The van der Waals surface area contributed by atoms with Crippen molar-refractivity contribution < 1.29 is 13.2 Å². The summed E-state index contributed by atoms with van der Waals surface area (Å²) in [6, 6.07) is 13.0. The molecule has 0 saturated carbocycles. The molecule has 0 N–H and O–H groups in total. The van der Waals surface area contributed by atoms with Crippen LogP contribution >= 0.6 is 11.6 Å². The predicted octanol–water partition coefficient (Wildman–Crippen LogP) is 3.71. The molecule has 0 unspecified atom stereocenters. The van der Waals surface area contributed by atoms with Gasteiger partial charge in [-0.05, 0) is 74.2 Å². The van der Waals surface area contributed by atoms with Crippen LogP contribution in [0.1, 0.15) is 24.0 Å². The number of amides is 1. The summed E-state index contributed by atoms with van der Waals surface area (Å²) in [5, 5.41) is 0.716. The predicted molar refractivity (Wildman–Crippen MR) is 128 cm³/mol. The van der Waals surface area contributed by atoms with Crippen LogP contribution in [0.4, 0.5) is 5.69 Å². The first-order chi connectivity index (χ1) is 15.3. The van der Waals surface area contributed by atoms with Gasteiger partial charge in [0.2, 0.25) is 15.9 Å². The number of carbonyl (C=O) groups is 1. The molecule has 32 heavy (non-hydrogen) atoms. The first-order valence-corrected chi connectivity index (χ1v) is 12.9. The first-order valence-electron chi connectivity index (χ1n) is 11.1. The van der Waals surface area contributed by atoms with Gasteiger partial charge in [-0.3, -0.25) is 4.79 Å². The highest BCUT2D eigenvalue weighted by molar-refractivity contribution is 7.89. The Morgan fingerprint density at radius 1 is 0.875 bits per heavy atom. The zero-order chi connectivity index (χ0) is 22.9. The molecule has 172 valence electrons. The fraction of sp³-hybridized carbons (Fsp3) is 0.458. The summed E-state index contributed by atoms with van der Waals surface area (Å²) in [6.45, 7) is 7.60. The van der Waals surface area contributed by atoms with Crippen LogP contribution in [0.25, 0.3) is 0 Å². The summed E-state index contributed by atoms with van der Waals surface area (Å²) in [7, 11) is -3.52. The van der Waals surface area contributed by atoms with Crippen LogP contribution in [0.15, 0.2) is 47.4 Å². The lowest BCUT2D eigenvalue weighted by molar-refractivity contribution is -0.137. The number of nitrogens with zero attached hydrogens (tertiary/aromatic N) is 3. The van der Waals surface area contributed by atoms with Crippen LogP contribution in [0, 0.1) is 19.8 Å². The van der Waals surface area contributed by atoms with Crippen molar-refractivity contribution in [2.75, 3.05) is 44.2 Å². The van der Waals surface area contributed by atoms with E-state index in [1.54, 1.807) is 12.1 Å². The zero-order valence-electron chi connectivity index (χ0n) is 18.6. The summed E-state index contributed by atoms with van der Waals surface area (Å²) < 4.78 is 27.6. The van der Waals surface area contributed by atoms with E-state index < -0.39 is 10.0 Å². The molecule has 0 aliphatic carbocycles. The summed E-state index contributed by atoms with van der Waals surface area (Å²) in [6.07, 6.45) is 1.14. The molecular weight excluding hydrogens is 446 g/mol. The van der Waals surface area contributed by atoms with Gasteiger partial charge in [-0.2, -0.15) is 4.31 Å². The van der Waals surface area contributed by atoms with Gasteiger partial charge in [0.15, 0.2) is 0 Å². The highest BCUT2D eigenvalue weighted by atomic mass is 35.5. The highest BCUT2D eigenvalue weighted by Crippen LogP contribution is 2.27. The molecule has 1 amide bonds. The minimum Gasteiger partial charge on any atom is -0.368 e. The van der Waals surface area contributed by atoms with Gasteiger partial charge < -0.3 is 9.80 Å². The van der Waals surface area contributed by atoms with E-state index in [1.165, 1.54) is 4.31 Å². The van der Waals surface area contributed by atoms with Gasteiger partial charge in [0, 0.05) is 55.9 Å². The first kappa shape index (κ1) is 23.1. The molecule has 2 aromatic rings. The molecule has 6 nitrogen and oxygen atoms in total. The minimum atomic E-state index is -3.52. The topological polar surface area (TPSA) is 60.9 Å². The number of sulfonamides is 1. The molecule has 0 aromatic heterocycles. The Bertz CT molecular complexity index is 1070. The van der Waals surface area contributed by atoms with Gasteiger partial charge in [0.1, 0.15) is 0 Å². The van der Waals surface area contributed by atoms with Crippen molar-refractivity contribution in [2.45, 2.75) is 31.6 Å². The average molecular weight is 476 g/mol. The van der Waals surface area contributed by atoms with E-state index in [1.807, 2.05) is 49.1 Å². The third kappa shape index (κ3) is 4.80. The summed E-state index contributed by atoms with van der Waals surface area (Å²) in [5.74, 6) is 0.0484. The van der Waals surface area contributed by atoms with Crippen LogP contribution < -0.4 is 4.90 Å². The smallest absolute Gasteiger partial charge is 0.243 e. The second kappa shape index (κ2) is 9.41. The van der Waals surface area contributed by atoms with Crippen molar-refractivity contribution >= 4 is 33.2 Å². The van der Waals surface area contributed by atoms with Gasteiger partial charge in [-0.15, -0.1) is 0 Å². The van der Waals surface area contributed by atoms with E-state index in [0.29, 0.717) is 48.9 Å². The lowest BCUT2D eigenvalue weighted by Crippen LogP contribution is -2.52. The van der Waals surface area contributed by atoms with Crippen molar-refractivity contribution in [3.63, 3.8) is 0 Å². The van der Waals surface area contributed by atoms with Crippen molar-refractivity contribution in [3.05, 3.63) is 58.6 Å². The number of hydrogen-bond donors (Lipinski definition) is 0. The van der Waals surface area contributed by atoms with E-state index in [9.17, 15) is 13.2 Å². The van der Waals surface area contributed by atoms with Crippen molar-refractivity contribution in [2.24, 2.45) is 5.92 Å². The Balaban J connectivity index is 1.32. The molecule has 4 rings (SSSR count). The van der Waals surface area contributed by atoms with Gasteiger partial charge in [0.05, 0.1) is 4.90 Å². The average Bonchev–Trinajstić information content (AvgIpc) is 2.81. The van der Waals surface area contributed by atoms with E-state index in [2.05, 4.69) is 4.90 Å². The van der Waals surface area contributed by atoms with Crippen LogP contribution in [0.2, 0.25) is 5.02 Å². The van der Waals surface area contributed by atoms with E-state index in [4.69, 9.17) is 11.6 Å². The maximum atomic E-state index is 13.1. The number of piperazine rings is 1. The van der Waals surface area contributed by atoms with Crippen LogP contribution in [0.5, 0.6) is 0 Å². The Morgan fingerprint density at radius 2 is 1.50 bits per heavy atom. The molecule has 2 fully saturated rings. The molecular formula is C24H30ClN3O3S. The van der Waals surface area contributed by atoms with E-state index >= 15 is 0 Å². The molecule has 0 atom stereocenters. The molecule has 0 spiro atoms. The Kier molecular flexibility index (Phi) is 6.79. The fourth-order valence-corrected chi connectivity index (χ4v) is 6.14. The molecule has 2 aliphatic heterocycles. The standard InChI is InChI=1S/C24H30ClN3O3S/c1-18-3-8-23(17-19(18)2)32(30,31)28-11-9-20(10-12-28)24(29)27-15-13-26(14-16-27)22-6-4-21(25)5-7-22/h3-8,17,20H,9-16H2,1-2H3. The summed E-state index contributed by atoms with van der Waals surface area (Å²) >= 11 is 5.98. The van der Waals surface area contributed by atoms with Gasteiger partial charge in [-0.1, -0.05) is 17.7 Å². The maximum absolute atomic E-state index is 13.1. The normalized spacial score (nSPS) is 18.7. The third-order valence-electron chi connectivity index (χ3n) is 6.70. The van der Waals surface area contributed by atoms with Gasteiger partial charge in [-0.25, -0.2) is 8.42 Å². The summed E-state index contributed by atoms with van der Waals surface area (Å²) in [4.78, 5) is 17.6. The largest absolute Gasteiger partial charge is 0.368 e. The van der Waals surface area contributed by atoms with Crippen molar-refractivity contribution in [3.8, 4) is 0 Å². The van der Waals surface area contributed by atoms with E-state index in [0.717, 1.165) is 29.9 Å². The van der Waals surface area contributed by atoms with Crippen LogP contribution in [-0.2, 0) is 14.8 Å². The molecule has 0 bridgehead atoms. The Labute approximate surface area is 195 Å². The fourth-order valence-electron chi connectivity index (χ4n) is 4.46.